The number of anilines is 1. The van der Waals surface area contributed by atoms with Crippen LogP contribution in [-0.2, 0) is 9.53 Å². The molecule has 1 radical (unpaired) electrons. The molecular weight excluding hydrogens is 166 g/mol. The minimum atomic E-state index is 0.220. The number of ether oxygens (including phenoxy) is 1. The zero-order valence-electron chi connectivity index (χ0n) is 7.07. The van der Waals surface area contributed by atoms with E-state index in [1.54, 1.807) is 12.2 Å². The van der Waals surface area contributed by atoms with Crippen LogP contribution in [0.3, 0.4) is 0 Å². The third kappa shape index (κ3) is 2.99. The zero-order chi connectivity index (χ0) is 9.52. The van der Waals surface area contributed by atoms with Gasteiger partial charge in [0.15, 0.2) is 0 Å². The SMILES string of the molecule is Nc1ccccc1/C=C/CO[C]=O. The lowest BCUT2D eigenvalue weighted by Gasteiger charge is -1.97. The second kappa shape index (κ2) is 4.98. The molecule has 0 aliphatic rings. The standard InChI is InChI=1S/C10H10NO2/c11-10-6-2-1-4-9(10)5-3-7-13-8-12/h1-6H,7,11H2/b5-3+. The van der Waals surface area contributed by atoms with Crippen LogP contribution < -0.4 is 5.73 Å². The lowest BCUT2D eigenvalue weighted by molar-refractivity contribution is 0.314. The summed E-state index contributed by atoms with van der Waals surface area (Å²) in [4.78, 5) is 9.68. The molecule has 67 valence electrons. The Morgan fingerprint density at radius 3 is 2.92 bits per heavy atom. The first-order chi connectivity index (χ1) is 6.34. The van der Waals surface area contributed by atoms with E-state index in [-0.39, 0.29) is 6.61 Å². The molecule has 0 atom stereocenters. The van der Waals surface area contributed by atoms with Crippen LogP contribution in [0.5, 0.6) is 0 Å². The van der Waals surface area contributed by atoms with Gasteiger partial charge in [0.25, 0.3) is 0 Å². The summed E-state index contributed by atoms with van der Waals surface area (Å²) in [6.45, 7) is 1.56. The molecule has 0 bridgehead atoms. The molecule has 3 heteroatoms. The second-order valence-corrected chi connectivity index (χ2v) is 2.43. The Hall–Kier alpha value is -1.77. The van der Waals surface area contributed by atoms with Crippen molar-refractivity contribution in [2.24, 2.45) is 0 Å². The number of hydrogen-bond donors (Lipinski definition) is 1. The fourth-order valence-electron chi connectivity index (χ4n) is 0.920. The van der Waals surface area contributed by atoms with Gasteiger partial charge in [0, 0.05) is 5.69 Å². The maximum Gasteiger partial charge on any atom is 0.417 e. The Labute approximate surface area is 76.8 Å². The highest BCUT2D eigenvalue weighted by molar-refractivity contribution is 5.64. The summed E-state index contributed by atoms with van der Waals surface area (Å²) in [6, 6.07) is 7.45. The van der Waals surface area contributed by atoms with E-state index in [0.717, 1.165) is 5.56 Å². The number of para-hydroxylation sites is 1. The first kappa shape index (κ1) is 9.32. The number of hydrogen-bond acceptors (Lipinski definition) is 3. The van der Waals surface area contributed by atoms with Gasteiger partial charge >= 0.3 is 6.47 Å². The Morgan fingerprint density at radius 2 is 2.23 bits per heavy atom. The summed E-state index contributed by atoms with van der Waals surface area (Å²) in [7, 11) is 0. The highest BCUT2D eigenvalue weighted by atomic mass is 16.5. The van der Waals surface area contributed by atoms with E-state index in [2.05, 4.69) is 4.74 Å². The molecule has 2 N–H and O–H groups in total. The van der Waals surface area contributed by atoms with Crippen molar-refractivity contribution in [2.45, 2.75) is 0 Å². The van der Waals surface area contributed by atoms with Gasteiger partial charge in [-0.1, -0.05) is 24.3 Å². The number of rotatable bonds is 4. The number of nitrogen functional groups attached to an aromatic ring is 1. The molecule has 0 aromatic heterocycles. The van der Waals surface area contributed by atoms with Crippen molar-refractivity contribution >= 4 is 18.2 Å². The van der Waals surface area contributed by atoms with Crippen LogP contribution in [0.4, 0.5) is 5.69 Å². The van der Waals surface area contributed by atoms with Gasteiger partial charge in [0.2, 0.25) is 0 Å². The van der Waals surface area contributed by atoms with Crippen molar-refractivity contribution in [1.29, 1.82) is 0 Å². The van der Waals surface area contributed by atoms with Gasteiger partial charge in [-0.05, 0) is 17.7 Å². The Morgan fingerprint density at radius 1 is 1.46 bits per heavy atom. The molecule has 0 aliphatic carbocycles. The fourth-order valence-corrected chi connectivity index (χ4v) is 0.920. The smallest absolute Gasteiger partial charge is 0.417 e. The normalized spacial score (nSPS) is 10.2. The molecule has 13 heavy (non-hydrogen) atoms. The van der Waals surface area contributed by atoms with Crippen LogP contribution in [0.15, 0.2) is 30.3 Å². The Balaban J connectivity index is 2.58. The average molecular weight is 176 g/mol. The molecular formula is C10H10NO2. The summed E-state index contributed by atoms with van der Waals surface area (Å²) in [6.07, 6.45) is 3.50. The van der Waals surface area contributed by atoms with E-state index < -0.39 is 0 Å². The first-order valence-corrected chi connectivity index (χ1v) is 3.84. The van der Waals surface area contributed by atoms with Crippen molar-refractivity contribution < 1.29 is 9.53 Å². The quantitative estimate of drug-likeness (QED) is 0.556. The molecule has 0 fully saturated rings. The van der Waals surface area contributed by atoms with E-state index >= 15 is 0 Å². The van der Waals surface area contributed by atoms with Gasteiger partial charge in [-0.3, -0.25) is 0 Å². The molecule has 0 aliphatic heterocycles. The maximum absolute atomic E-state index is 9.68. The van der Waals surface area contributed by atoms with Gasteiger partial charge in [0.1, 0.15) is 6.61 Å². The van der Waals surface area contributed by atoms with E-state index in [4.69, 9.17) is 5.73 Å². The average Bonchev–Trinajstić information content (AvgIpc) is 2.15. The fraction of sp³-hybridized carbons (Fsp3) is 0.100. The predicted molar refractivity (Wildman–Crippen MR) is 51.5 cm³/mol. The summed E-state index contributed by atoms with van der Waals surface area (Å²) >= 11 is 0. The van der Waals surface area contributed by atoms with E-state index in [0.29, 0.717) is 5.69 Å². The number of nitrogens with two attached hydrogens (primary N) is 1. The zero-order valence-corrected chi connectivity index (χ0v) is 7.07. The molecule has 0 saturated heterocycles. The number of benzene rings is 1. The van der Waals surface area contributed by atoms with Gasteiger partial charge in [0.05, 0.1) is 0 Å². The van der Waals surface area contributed by atoms with Crippen LogP contribution >= 0.6 is 0 Å². The van der Waals surface area contributed by atoms with Crippen molar-refractivity contribution in [2.75, 3.05) is 12.3 Å². The molecule has 1 rings (SSSR count). The maximum atomic E-state index is 9.68. The lowest BCUT2D eigenvalue weighted by Crippen LogP contribution is -1.89. The highest BCUT2D eigenvalue weighted by Crippen LogP contribution is 2.11. The molecule has 3 nitrogen and oxygen atoms in total. The third-order valence-corrected chi connectivity index (χ3v) is 1.53. The van der Waals surface area contributed by atoms with Gasteiger partial charge in [-0.15, -0.1) is 0 Å². The lowest BCUT2D eigenvalue weighted by atomic mass is 10.2. The molecule has 1 aromatic carbocycles. The summed E-state index contributed by atoms with van der Waals surface area (Å²) in [5.41, 5.74) is 7.28. The topological polar surface area (TPSA) is 52.3 Å². The largest absolute Gasteiger partial charge is 0.453 e. The third-order valence-electron chi connectivity index (χ3n) is 1.53. The van der Waals surface area contributed by atoms with E-state index in [9.17, 15) is 4.79 Å². The summed E-state index contributed by atoms with van der Waals surface area (Å²) in [5.74, 6) is 0. The minimum Gasteiger partial charge on any atom is -0.453 e. The molecule has 0 amide bonds. The van der Waals surface area contributed by atoms with Crippen LogP contribution in [0.25, 0.3) is 6.08 Å². The van der Waals surface area contributed by atoms with Gasteiger partial charge in [-0.2, -0.15) is 0 Å². The van der Waals surface area contributed by atoms with E-state index in [1.165, 1.54) is 6.47 Å². The van der Waals surface area contributed by atoms with Crippen LogP contribution in [-0.4, -0.2) is 13.1 Å². The number of carbonyl (C=O) groups excluding carboxylic acids is 1. The molecule has 0 heterocycles. The molecule has 0 saturated carbocycles. The van der Waals surface area contributed by atoms with Gasteiger partial charge < -0.3 is 10.5 Å². The van der Waals surface area contributed by atoms with E-state index in [1.807, 2.05) is 24.3 Å². The second-order valence-electron chi connectivity index (χ2n) is 2.43. The van der Waals surface area contributed by atoms with Crippen molar-refractivity contribution in [3.63, 3.8) is 0 Å². The highest BCUT2D eigenvalue weighted by Gasteiger charge is 1.90. The molecule has 1 aromatic rings. The van der Waals surface area contributed by atoms with Crippen molar-refractivity contribution in [3.05, 3.63) is 35.9 Å². The minimum absolute atomic E-state index is 0.220. The van der Waals surface area contributed by atoms with Crippen LogP contribution in [0, 0.1) is 0 Å². The Kier molecular flexibility index (Phi) is 3.57. The molecule has 0 unspecified atom stereocenters. The predicted octanol–water partition coefficient (Wildman–Crippen LogP) is 1.37. The monoisotopic (exact) mass is 176 g/mol. The Bertz CT molecular complexity index is 308. The van der Waals surface area contributed by atoms with Crippen molar-refractivity contribution in [3.8, 4) is 0 Å². The summed E-state index contributed by atoms with van der Waals surface area (Å²) < 4.78 is 4.36. The first-order valence-electron chi connectivity index (χ1n) is 3.84. The van der Waals surface area contributed by atoms with Crippen LogP contribution in [0.2, 0.25) is 0 Å². The van der Waals surface area contributed by atoms with Gasteiger partial charge in [-0.25, -0.2) is 4.79 Å². The van der Waals surface area contributed by atoms with Crippen molar-refractivity contribution in [1.82, 2.24) is 0 Å². The summed E-state index contributed by atoms with van der Waals surface area (Å²) in [5, 5.41) is 0. The molecule has 0 spiro atoms. The van der Waals surface area contributed by atoms with Crippen LogP contribution in [0.1, 0.15) is 5.56 Å².